The van der Waals surface area contributed by atoms with Gasteiger partial charge in [-0.1, -0.05) is 23.7 Å². The highest BCUT2D eigenvalue weighted by atomic mass is 35.5. The summed E-state index contributed by atoms with van der Waals surface area (Å²) < 4.78 is 0. The molecule has 6 heteroatoms. The molecule has 164 valence electrons. The highest BCUT2D eigenvalue weighted by Crippen LogP contribution is 2.29. The summed E-state index contributed by atoms with van der Waals surface area (Å²) in [7, 11) is 0. The smallest absolute Gasteiger partial charge is 0.223 e. The first-order chi connectivity index (χ1) is 15.1. The van der Waals surface area contributed by atoms with Gasteiger partial charge in [-0.15, -0.1) is 0 Å². The fourth-order valence-corrected chi connectivity index (χ4v) is 4.63. The Labute approximate surface area is 189 Å². The number of likely N-dealkylation sites (tertiary alicyclic amines) is 1. The molecule has 2 aliphatic rings. The van der Waals surface area contributed by atoms with Crippen LogP contribution in [0.3, 0.4) is 0 Å². The monoisotopic (exact) mass is 439 g/mol. The lowest BCUT2D eigenvalue weighted by molar-refractivity contribution is -0.132. The lowest BCUT2D eigenvalue weighted by Crippen LogP contribution is -2.43. The minimum atomic E-state index is 0.0382. The van der Waals surface area contributed by atoms with E-state index in [1.165, 1.54) is 5.56 Å². The standard InChI is InChI=1S/C25H30ClN3O2/c26-22-5-1-19(2-6-22)20-11-15-29(16-12-20)25(31)10-9-24(30)21-3-7-23(8-4-21)28-17-13-27-14-18-28/h1-8,20,27H,9-18H2. The molecule has 2 aromatic rings. The van der Waals surface area contributed by atoms with Crippen molar-refractivity contribution in [2.24, 2.45) is 0 Å². The van der Waals surface area contributed by atoms with Crippen molar-refractivity contribution >= 4 is 29.0 Å². The maximum atomic E-state index is 12.6. The van der Waals surface area contributed by atoms with Gasteiger partial charge in [-0.25, -0.2) is 0 Å². The quantitative estimate of drug-likeness (QED) is 0.688. The predicted octanol–water partition coefficient (Wildman–Crippen LogP) is 4.12. The molecule has 2 fully saturated rings. The van der Waals surface area contributed by atoms with Crippen LogP contribution in [0.1, 0.15) is 47.5 Å². The number of amides is 1. The number of ketones is 1. The van der Waals surface area contributed by atoms with Gasteiger partial charge >= 0.3 is 0 Å². The lowest BCUT2D eigenvalue weighted by atomic mass is 9.89. The number of rotatable bonds is 6. The molecule has 0 aromatic heterocycles. The van der Waals surface area contributed by atoms with Crippen molar-refractivity contribution in [3.05, 3.63) is 64.7 Å². The third-order valence-corrected chi connectivity index (χ3v) is 6.68. The Morgan fingerprint density at radius 1 is 0.871 bits per heavy atom. The Morgan fingerprint density at radius 3 is 2.16 bits per heavy atom. The second kappa shape index (κ2) is 10.3. The van der Waals surface area contributed by atoms with Gasteiger partial charge in [0, 0.05) is 68.4 Å². The van der Waals surface area contributed by atoms with E-state index in [-0.39, 0.29) is 24.5 Å². The van der Waals surface area contributed by atoms with E-state index in [4.69, 9.17) is 11.6 Å². The molecule has 31 heavy (non-hydrogen) atoms. The summed E-state index contributed by atoms with van der Waals surface area (Å²) in [5, 5.41) is 4.09. The van der Waals surface area contributed by atoms with E-state index in [0.717, 1.165) is 62.8 Å². The Balaban J connectivity index is 1.23. The fraction of sp³-hybridized carbons (Fsp3) is 0.440. The van der Waals surface area contributed by atoms with Crippen LogP contribution in [0.5, 0.6) is 0 Å². The van der Waals surface area contributed by atoms with Gasteiger partial charge in [0.1, 0.15) is 0 Å². The SMILES string of the molecule is O=C(CCC(=O)N1CCC(c2ccc(Cl)cc2)CC1)c1ccc(N2CCNCC2)cc1. The Hall–Kier alpha value is -2.37. The molecule has 0 aliphatic carbocycles. The van der Waals surface area contributed by atoms with E-state index in [2.05, 4.69) is 22.3 Å². The van der Waals surface area contributed by atoms with Gasteiger partial charge < -0.3 is 15.1 Å². The van der Waals surface area contributed by atoms with E-state index in [0.29, 0.717) is 11.5 Å². The van der Waals surface area contributed by atoms with Gasteiger partial charge in [-0.3, -0.25) is 9.59 Å². The number of piperidine rings is 1. The molecule has 0 saturated carbocycles. The van der Waals surface area contributed by atoms with Gasteiger partial charge in [0.25, 0.3) is 0 Å². The molecule has 0 spiro atoms. The summed E-state index contributed by atoms with van der Waals surface area (Å²) in [4.78, 5) is 29.4. The molecule has 0 unspecified atom stereocenters. The minimum absolute atomic E-state index is 0.0382. The molecule has 2 aromatic carbocycles. The molecule has 0 bridgehead atoms. The second-order valence-electron chi connectivity index (χ2n) is 8.41. The maximum Gasteiger partial charge on any atom is 0.223 e. The van der Waals surface area contributed by atoms with E-state index >= 15 is 0 Å². The number of carbonyl (C=O) groups excluding carboxylic acids is 2. The van der Waals surface area contributed by atoms with Crippen LogP contribution in [0.2, 0.25) is 5.02 Å². The predicted molar refractivity (Wildman–Crippen MR) is 125 cm³/mol. The molecule has 4 rings (SSSR count). The van der Waals surface area contributed by atoms with Gasteiger partial charge in [-0.05, 0) is 60.7 Å². The Kier molecular flexibility index (Phi) is 7.25. The molecule has 2 saturated heterocycles. The maximum absolute atomic E-state index is 12.6. The third kappa shape index (κ3) is 5.66. The van der Waals surface area contributed by atoms with Crippen molar-refractivity contribution in [2.75, 3.05) is 44.2 Å². The van der Waals surface area contributed by atoms with Crippen molar-refractivity contribution in [1.82, 2.24) is 10.2 Å². The molecule has 2 aliphatic heterocycles. The summed E-state index contributed by atoms with van der Waals surface area (Å²) in [6.45, 7) is 5.44. The van der Waals surface area contributed by atoms with E-state index in [9.17, 15) is 9.59 Å². The van der Waals surface area contributed by atoms with Crippen LogP contribution in [-0.4, -0.2) is 55.9 Å². The zero-order valence-electron chi connectivity index (χ0n) is 17.9. The van der Waals surface area contributed by atoms with Crippen molar-refractivity contribution < 1.29 is 9.59 Å². The average Bonchev–Trinajstić information content (AvgIpc) is 2.83. The minimum Gasteiger partial charge on any atom is -0.369 e. The largest absolute Gasteiger partial charge is 0.369 e. The number of hydrogen-bond donors (Lipinski definition) is 1. The van der Waals surface area contributed by atoms with Crippen molar-refractivity contribution in [2.45, 2.75) is 31.6 Å². The van der Waals surface area contributed by atoms with Crippen LogP contribution in [-0.2, 0) is 4.79 Å². The van der Waals surface area contributed by atoms with Crippen LogP contribution < -0.4 is 10.2 Å². The van der Waals surface area contributed by atoms with Crippen LogP contribution >= 0.6 is 11.6 Å². The van der Waals surface area contributed by atoms with E-state index in [1.54, 1.807) is 0 Å². The normalized spacial score (nSPS) is 17.6. The highest BCUT2D eigenvalue weighted by Gasteiger charge is 2.24. The topological polar surface area (TPSA) is 52.7 Å². The first kappa shape index (κ1) is 21.8. The van der Waals surface area contributed by atoms with Crippen LogP contribution in [0.25, 0.3) is 0 Å². The van der Waals surface area contributed by atoms with Crippen LogP contribution in [0.15, 0.2) is 48.5 Å². The van der Waals surface area contributed by atoms with Gasteiger partial charge in [0.2, 0.25) is 5.91 Å². The zero-order chi connectivity index (χ0) is 21.6. The highest BCUT2D eigenvalue weighted by molar-refractivity contribution is 6.30. The molecule has 2 heterocycles. The number of piperazine rings is 1. The number of benzene rings is 2. The summed E-state index contributed by atoms with van der Waals surface area (Å²) in [5.74, 6) is 0.591. The van der Waals surface area contributed by atoms with Crippen LogP contribution in [0.4, 0.5) is 5.69 Å². The lowest BCUT2D eigenvalue weighted by Gasteiger charge is -2.32. The number of Topliss-reactive ketones (excluding diaryl/α,β-unsaturated/α-hetero) is 1. The summed E-state index contributed by atoms with van der Waals surface area (Å²) in [6.07, 6.45) is 2.45. The molecular weight excluding hydrogens is 410 g/mol. The zero-order valence-corrected chi connectivity index (χ0v) is 18.6. The van der Waals surface area contributed by atoms with Crippen LogP contribution in [0, 0.1) is 0 Å². The first-order valence-electron chi connectivity index (χ1n) is 11.2. The third-order valence-electron chi connectivity index (χ3n) is 6.43. The molecule has 0 radical (unpaired) electrons. The summed E-state index contributed by atoms with van der Waals surface area (Å²) in [5.41, 5.74) is 3.13. The van der Waals surface area contributed by atoms with Crippen molar-refractivity contribution in [3.8, 4) is 0 Å². The number of nitrogens with zero attached hydrogens (tertiary/aromatic N) is 2. The molecular formula is C25H30ClN3O2. The van der Waals surface area contributed by atoms with Gasteiger partial charge in [0.05, 0.1) is 0 Å². The number of nitrogens with one attached hydrogen (secondary N) is 1. The van der Waals surface area contributed by atoms with Crippen molar-refractivity contribution in [3.63, 3.8) is 0 Å². The van der Waals surface area contributed by atoms with Crippen molar-refractivity contribution in [1.29, 1.82) is 0 Å². The summed E-state index contributed by atoms with van der Waals surface area (Å²) in [6, 6.07) is 15.8. The van der Waals surface area contributed by atoms with Gasteiger partial charge in [-0.2, -0.15) is 0 Å². The fourth-order valence-electron chi connectivity index (χ4n) is 4.50. The number of anilines is 1. The number of hydrogen-bond acceptors (Lipinski definition) is 4. The summed E-state index contributed by atoms with van der Waals surface area (Å²) >= 11 is 5.98. The first-order valence-corrected chi connectivity index (χ1v) is 11.6. The molecule has 1 amide bonds. The second-order valence-corrected chi connectivity index (χ2v) is 8.85. The average molecular weight is 440 g/mol. The molecule has 1 N–H and O–H groups in total. The number of halogens is 1. The molecule has 5 nitrogen and oxygen atoms in total. The van der Waals surface area contributed by atoms with Gasteiger partial charge in [0.15, 0.2) is 5.78 Å². The van der Waals surface area contributed by atoms with E-state index < -0.39 is 0 Å². The molecule has 0 atom stereocenters. The van der Waals surface area contributed by atoms with E-state index in [1.807, 2.05) is 41.3 Å². The Bertz CT molecular complexity index is 884. The Morgan fingerprint density at radius 2 is 1.52 bits per heavy atom. The number of carbonyl (C=O) groups is 2.